The molecule has 0 radical (unpaired) electrons. The van der Waals surface area contributed by atoms with E-state index in [2.05, 4.69) is 10.6 Å². The summed E-state index contributed by atoms with van der Waals surface area (Å²) in [6, 6.07) is 7.78. The van der Waals surface area contributed by atoms with Crippen LogP contribution in [0, 0.1) is 10.8 Å². The third-order valence-corrected chi connectivity index (χ3v) is 3.75. The standard InChI is InChI=1S/C17H25N5O/c1-11(18)10-22-12(2)15(22)17(21-4)23-16(19)14-7-5-13(6-8-14)9-20-3/h5-8,17-21H,9-10H2,1-4H3. The monoisotopic (exact) mass is 315 g/mol. The molecular formula is C17H25N5O. The molecule has 1 aliphatic rings. The Labute approximate surface area is 137 Å². The van der Waals surface area contributed by atoms with Crippen LogP contribution in [0.3, 0.4) is 0 Å². The molecule has 1 heterocycles. The summed E-state index contributed by atoms with van der Waals surface area (Å²) < 4.78 is 5.78. The van der Waals surface area contributed by atoms with Crippen molar-refractivity contribution in [2.75, 3.05) is 20.6 Å². The summed E-state index contributed by atoms with van der Waals surface area (Å²) in [6.45, 7) is 5.17. The Balaban J connectivity index is 1.99. The summed E-state index contributed by atoms with van der Waals surface area (Å²) in [5.74, 6) is 0.138. The average molecular weight is 315 g/mol. The molecule has 0 aliphatic carbocycles. The van der Waals surface area contributed by atoms with Crippen LogP contribution in [-0.2, 0) is 11.3 Å². The van der Waals surface area contributed by atoms with E-state index in [1.54, 1.807) is 6.92 Å². The van der Waals surface area contributed by atoms with Gasteiger partial charge < -0.3 is 20.4 Å². The first-order chi connectivity index (χ1) is 11.0. The molecule has 0 fully saturated rings. The van der Waals surface area contributed by atoms with E-state index in [0.29, 0.717) is 12.3 Å². The normalized spacial score (nSPS) is 14.7. The van der Waals surface area contributed by atoms with Gasteiger partial charge in [0.2, 0.25) is 5.90 Å². The molecule has 0 saturated carbocycles. The third kappa shape index (κ3) is 4.18. The van der Waals surface area contributed by atoms with Crippen LogP contribution in [0.25, 0.3) is 0 Å². The first-order valence-corrected chi connectivity index (χ1v) is 7.66. The average Bonchev–Trinajstić information content (AvgIpc) is 3.14. The maximum atomic E-state index is 8.17. The molecule has 1 aliphatic heterocycles. The lowest BCUT2D eigenvalue weighted by Crippen LogP contribution is -2.33. The molecule has 1 unspecified atom stereocenters. The molecular weight excluding hydrogens is 290 g/mol. The molecule has 2 rings (SSSR count). The first kappa shape index (κ1) is 17.2. The molecule has 1 aromatic carbocycles. The van der Waals surface area contributed by atoms with Crippen LogP contribution >= 0.6 is 0 Å². The van der Waals surface area contributed by atoms with Crippen LogP contribution < -0.4 is 10.6 Å². The zero-order chi connectivity index (χ0) is 17.0. The SMILES string of the molecule is CNCc1ccc(C(=N)OC(NC)C2=C(C)N2CC(C)=N)cc1. The molecule has 6 heteroatoms. The molecule has 0 spiro atoms. The van der Waals surface area contributed by atoms with Crippen molar-refractivity contribution >= 4 is 11.6 Å². The summed E-state index contributed by atoms with van der Waals surface area (Å²) >= 11 is 0. The summed E-state index contributed by atoms with van der Waals surface area (Å²) in [7, 11) is 3.71. The Morgan fingerprint density at radius 2 is 1.87 bits per heavy atom. The van der Waals surface area contributed by atoms with E-state index in [9.17, 15) is 0 Å². The van der Waals surface area contributed by atoms with Crippen molar-refractivity contribution < 1.29 is 4.74 Å². The van der Waals surface area contributed by atoms with Crippen LogP contribution in [0.4, 0.5) is 0 Å². The van der Waals surface area contributed by atoms with Gasteiger partial charge in [-0.3, -0.25) is 10.7 Å². The van der Waals surface area contributed by atoms with Gasteiger partial charge in [0.05, 0.1) is 12.2 Å². The number of ether oxygens (including phenoxy) is 1. The van der Waals surface area contributed by atoms with Crippen LogP contribution in [0.15, 0.2) is 35.7 Å². The molecule has 0 bridgehead atoms. The van der Waals surface area contributed by atoms with Crippen molar-refractivity contribution in [3.05, 3.63) is 46.8 Å². The largest absolute Gasteiger partial charge is 0.453 e. The summed E-state index contributed by atoms with van der Waals surface area (Å²) in [6.07, 6.45) is -0.362. The number of allylic oxidation sites excluding steroid dienone is 1. The topological polar surface area (TPSA) is 84.0 Å². The Morgan fingerprint density at radius 3 is 2.39 bits per heavy atom. The predicted molar refractivity (Wildman–Crippen MR) is 92.8 cm³/mol. The number of likely N-dealkylation sites (N-methyl/N-ethyl adjacent to an activating group) is 1. The fourth-order valence-corrected chi connectivity index (χ4v) is 2.50. The van der Waals surface area contributed by atoms with Crippen molar-refractivity contribution in [2.24, 2.45) is 0 Å². The smallest absolute Gasteiger partial charge is 0.215 e. The molecule has 23 heavy (non-hydrogen) atoms. The van der Waals surface area contributed by atoms with Crippen LogP contribution in [0.2, 0.25) is 0 Å². The van der Waals surface area contributed by atoms with Gasteiger partial charge in [0.15, 0.2) is 6.23 Å². The zero-order valence-electron chi connectivity index (χ0n) is 14.2. The van der Waals surface area contributed by atoms with Crippen LogP contribution in [0.1, 0.15) is 25.0 Å². The van der Waals surface area contributed by atoms with E-state index < -0.39 is 0 Å². The summed E-state index contributed by atoms with van der Waals surface area (Å²) in [5.41, 5.74) is 4.63. The summed E-state index contributed by atoms with van der Waals surface area (Å²) in [4.78, 5) is 2.03. The van der Waals surface area contributed by atoms with Gasteiger partial charge in [-0.2, -0.15) is 0 Å². The fourth-order valence-electron chi connectivity index (χ4n) is 2.50. The van der Waals surface area contributed by atoms with Crippen molar-refractivity contribution in [1.29, 1.82) is 10.8 Å². The second-order valence-corrected chi connectivity index (χ2v) is 5.68. The fraction of sp³-hybridized carbons (Fsp3) is 0.412. The van der Waals surface area contributed by atoms with Gasteiger partial charge >= 0.3 is 0 Å². The second kappa shape index (κ2) is 7.39. The number of hydrogen-bond acceptors (Lipinski definition) is 6. The Morgan fingerprint density at radius 1 is 1.22 bits per heavy atom. The molecule has 0 saturated heterocycles. The Hall–Kier alpha value is -2.18. The lowest BCUT2D eigenvalue weighted by Gasteiger charge is -2.18. The number of rotatable bonds is 8. The third-order valence-electron chi connectivity index (χ3n) is 3.75. The van der Waals surface area contributed by atoms with E-state index in [1.807, 2.05) is 50.2 Å². The van der Waals surface area contributed by atoms with Crippen molar-refractivity contribution in [3.63, 3.8) is 0 Å². The van der Waals surface area contributed by atoms with Gasteiger partial charge in [-0.1, -0.05) is 12.1 Å². The van der Waals surface area contributed by atoms with Crippen molar-refractivity contribution in [3.8, 4) is 0 Å². The van der Waals surface area contributed by atoms with Gasteiger partial charge in [0, 0.05) is 23.5 Å². The highest BCUT2D eigenvalue weighted by Gasteiger charge is 2.37. The molecule has 124 valence electrons. The van der Waals surface area contributed by atoms with Gasteiger partial charge in [0.1, 0.15) is 0 Å². The van der Waals surface area contributed by atoms with E-state index in [0.717, 1.165) is 23.5 Å². The first-order valence-electron chi connectivity index (χ1n) is 7.66. The van der Waals surface area contributed by atoms with Gasteiger partial charge in [-0.05, 0) is 45.6 Å². The van der Waals surface area contributed by atoms with Crippen LogP contribution in [-0.4, -0.2) is 43.4 Å². The number of benzene rings is 1. The highest BCUT2D eigenvalue weighted by Crippen LogP contribution is 2.34. The molecule has 1 atom stereocenters. The molecule has 4 N–H and O–H groups in total. The molecule has 0 aromatic heterocycles. The zero-order valence-corrected chi connectivity index (χ0v) is 14.2. The predicted octanol–water partition coefficient (Wildman–Crippen LogP) is 1.88. The van der Waals surface area contributed by atoms with E-state index in [1.165, 1.54) is 5.56 Å². The number of hydrogen-bond donors (Lipinski definition) is 4. The Bertz CT molecular complexity index is 620. The molecule has 1 aromatic rings. The minimum atomic E-state index is -0.362. The Kier molecular flexibility index (Phi) is 5.52. The van der Waals surface area contributed by atoms with Gasteiger partial charge in [-0.25, -0.2) is 0 Å². The quantitative estimate of drug-likeness (QED) is 0.335. The van der Waals surface area contributed by atoms with Gasteiger partial charge in [0.25, 0.3) is 0 Å². The maximum absolute atomic E-state index is 8.17. The number of nitrogens with one attached hydrogen (secondary N) is 4. The van der Waals surface area contributed by atoms with Crippen LogP contribution in [0.5, 0.6) is 0 Å². The lowest BCUT2D eigenvalue weighted by molar-refractivity contribution is 0.187. The molecule has 0 amide bonds. The maximum Gasteiger partial charge on any atom is 0.215 e. The minimum absolute atomic E-state index is 0.138. The van der Waals surface area contributed by atoms with E-state index >= 15 is 0 Å². The van der Waals surface area contributed by atoms with Crippen molar-refractivity contribution in [1.82, 2.24) is 15.5 Å². The highest BCUT2D eigenvalue weighted by molar-refractivity contribution is 5.92. The van der Waals surface area contributed by atoms with E-state index in [-0.39, 0.29) is 12.1 Å². The summed E-state index contributed by atoms with van der Waals surface area (Å²) in [5, 5.41) is 22.0. The highest BCUT2D eigenvalue weighted by atomic mass is 16.5. The minimum Gasteiger partial charge on any atom is -0.453 e. The second-order valence-electron chi connectivity index (χ2n) is 5.68. The molecule has 6 nitrogen and oxygen atoms in total. The van der Waals surface area contributed by atoms with E-state index in [4.69, 9.17) is 15.6 Å². The number of nitrogens with zero attached hydrogens (tertiary/aromatic N) is 1. The lowest BCUT2D eigenvalue weighted by atomic mass is 10.1. The van der Waals surface area contributed by atoms with Crippen molar-refractivity contribution in [2.45, 2.75) is 26.6 Å². The van der Waals surface area contributed by atoms with Gasteiger partial charge in [-0.15, -0.1) is 0 Å².